The number of nitrogen functional groups attached to an aromatic ring is 1. The van der Waals surface area contributed by atoms with Crippen molar-refractivity contribution in [2.75, 3.05) is 16.9 Å². The number of hydrogen-bond acceptors (Lipinski definition) is 6. The third kappa shape index (κ3) is 5.25. The average Bonchev–Trinajstić information content (AvgIpc) is 2.65. The second kappa shape index (κ2) is 9.09. The molecule has 3 aromatic rings. The highest BCUT2D eigenvalue weighted by atomic mass is 35.5. The van der Waals surface area contributed by atoms with E-state index in [0.29, 0.717) is 22.2 Å². The van der Waals surface area contributed by atoms with Crippen molar-refractivity contribution < 1.29 is 4.79 Å². The number of hydrogen-bond donors (Lipinski definition) is 2. The highest BCUT2D eigenvalue weighted by Gasteiger charge is 2.13. The molecule has 0 spiro atoms. The lowest BCUT2D eigenvalue weighted by Gasteiger charge is -2.08. The van der Waals surface area contributed by atoms with E-state index < -0.39 is 5.56 Å². The van der Waals surface area contributed by atoms with Gasteiger partial charge in [-0.2, -0.15) is 4.68 Å². The van der Waals surface area contributed by atoms with Crippen molar-refractivity contribution in [2.24, 2.45) is 0 Å². The Hall–Kier alpha value is -2.55. The van der Waals surface area contributed by atoms with Crippen molar-refractivity contribution in [1.29, 1.82) is 0 Å². The van der Waals surface area contributed by atoms with Crippen molar-refractivity contribution in [3.63, 3.8) is 0 Å². The molecule has 0 aliphatic carbocycles. The molecule has 1 amide bonds. The average molecular weight is 436 g/mol. The minimum atomic E-state index is -0.455. The van der Waals surface area contributed by atoms with Crippen LogP contribution in [-0.2, 0) is 11.2 Å². The number of halogens is 2. The van der Waals surface area contributed by atoms with Crippen LogP contribution in [0.25, 0.3) is 0 Å². The highest BCUT2D eigenvalue weighted by molar-refractivity contribution is 7.99. The summed E-state index contributed by atoms with van der Waals surface area (Å²) < 4.78 is 0.902. The van der Waals surface area contributed by atoms with E-state index in [0.717, 1.165) is 22.0 Å². The fourth-order valence-corrected chi connectivity index (χ4v) is 3.55. The van der Waals surface area contributed by atoms with Gasteiger partial charge in [-0.05, 0) is 23.8 Å². The van der Waals surface area contributed by atoms with E-state index in [9.17, 15) is 9.59 Å². The van der Waals surface area contributed by atoms with E-state index in [2.05, 4.69) is 15.5 Å². The maximum absolute atomic E-state index is 12.4. The first-order valence-corrected chi connectivity index (χ1v) is 9.83. The molecule has 10 heteroatoms. The Balaban J connectivity index is 1.65. The first-order chi connectivity index (χ1) is 13.4. The second-order valence-corrected chi connectivity index (χ2v) is 7.58. The summed E-state index contributed by atoms with van der Waals surface area (Å²) in [5.41, 5.74) is 1.17. The van der Waals surface area contributed by atoms with Gasteiger partial charge in [0.1, 0.15) is 5.69 Å². The maximum atomic E-state index is 12.4. The van der Waals surface area contributed by atoms with E-state index in [1.807, 2.05) is 30.3 Å². The molecular weight excluding hydrogens is 421 g/mol. The number of nitrogens with two attached hydrogens (primary N) is 1. The molecule has 3 rings (SSSR count). The van der Waals surface area contributed by atoms with Gasteiger partial charge in [0, 0.05) is 22.2 Å². The van der Waals surface area contributed by atoms with Crippen molar-refractivity contribution in [3.05, 3.63) is 80.2 Å². The molecule has 1 aromatic heterocycles. The summed E-state index contributed by atoms with van der Waals surface area (Å²) in [6.07, 6.45) is 0.324. The van der Waals surface area contributed by atoms with Crippen LogP contribution in [0.2, 0.25) is 10.0 Å². The van der Waals surface area contributed by atoms with Crippen molar-refractivity contribution in [3.8, 4) is 0 Å². The molecule has 3 N–H and O–H groups in total. The molecule has 0 radical (unpaired) electrons. The van der Waals surface area contributed by atoms with Crippen LogP contribution >= 0.6 is 35.0 Å². The quantitative estimate of drug-likeness (QED) is 0.455. The zero-order valence-electron chi connectivity index (χ0n) is 14.4. The lowest BCUT2D eigenvalue weighted by Crippen LogP contribution is -2.34. The van der Waals surface area contributed by atoms with Gasteiger partial charge in [0.15, 0.2) is 0 Å². The van der Waals surface area contributed by atoms with Crippen LogP contribution in [-0.4, -0.2) is 26.5 Å². The Labute approximate surface area is 174 Å². The van der Waals surface area contributed by atoms with Gasteiger partial charge >= 0.3 is 0 Å². The molecule has 0 fully saturated rings. The summed E-state index contributed by atoms with van der Waals surface area (Å²) >= 11 is 12.8. The molecule has 0 saturated carbocycles. The van der Waals surface area contributed by atoms with E-state index in [-0.39, 0.29) is 22.5 Å². The van der Waals surface area contributed by atoms with E-state index in [4.69, 9.17) is 29.0 Å². The number of thioether (sulfide) groups is 1. The standard InChI is InChI=1S/C18H15Cl2N5O2S/c19-12-7-13(20)9-14(8-12)22-16(26)10-28-18-24-23-15(17(27)25(18)21)6-11-4-2-1-3-5-11/h1-5,7-9H,6,10,21H2,(H,22,26). The lowest BCUT2D eigenvalue weighted by atomic mass is 10.1. The van der Waals surface area contributed by atoms with Crippen LogP contribution in [0.15, 0.2) is 58.5 Å². The largest absolute Gasteiger partial charge is 0.334 e. The van der Waals surface area contributed by atoms with Gasteiger partial charge in [-0.3, -0.25) is 9.59 Å². The van der Waals surface area contributed by atoms with Gasteiger partial charge in [-0.25, -0.2) is 0 Å². The highest BCUT2D eigenvalue weighted by Crippen LogP contribution is 2.23. The minimum absolute atomic E-state index is 0.0204. The Bertz CT molecular complexity index is 1040. The van der Waals surface area contributed by atoms with Gasteiger partial charge in [0.2, 0.25) is 11.1 Å². The number of aromatic nitrogens is 3. The molecule has 2 aromatic carbocycles. The summed E-state index contributed by atoms with van der Waals surface area (Å²) in [5.74, 6) is 5.48. The zero-order chi connectivity index (χ0) is 20.1. The molecule has 0 aliphatic rings. The fourth-order valence-electron chi connectivity index (χ4n) is 2.37. The second-order valence-electron chi connectivity index (χ2n) is 5.76. The molecule has 7 nitrogen and oxygen atoms in total. The normalized spacial score (nSPS) is 10.6. The monoisotopic (exact) mass is 435 g/mol. The predicted octanol–water partition coefficient (Wildman–Crippen LogP) is 2.98. The summed E-state index contributed by atoms with van der Waals surface area (Å²) in [5, 5.41) is 11.6. The third-order valence-electron chi connectivity index (χ3n) is 3.62. The van der Waals surface area contributed by atoms with Crippen LogP contribution in [0.4, 0.5) is 5.69 Å². The number of anilines is 1. The van der Waals surface area contributed by atoms with Crippen molar-refractivity contribution in [1.82, 2.24) is 14.9 Å². The van der Waals surface area contributed by atoms with Crippen molar-refractivity contribution >= 4 is 46.6 Å². The van der Waals surface area contributed by atoms with Gasteiger partial charge in [0.25, 0.3) is 5.56 Å². The third-order valence-corrected chi connectivity index (χ3v) is 5.00. The number of carbonyl (C=O) groups is 1. The zero-order valence-corrected chi connectivity index (χ0v) is 16.8. The molecular formula is C18H15Cl2N5O2S. The number of nitrogens with one attached hydrogen (secondary N) is 1. The molecule has 1 heterocycles. The first kappa shape index (κ1) is 20.2. The van der Waals surface area contributed by atoms with Crippen LogP contribution in [0, 0.1) is 0 Å². The Morgan fingerprint density at radius 2 is 1.79 bits per heavy atom. The van der Waals surface area contributed by atoms with E-state index in [1.54, 1.807) is 18.2 Å². The van der Waals surface area contributed by atoms with Gasteiger partial charge in [-0.1, -0.05) is 65.3 Å². The Morgan fingerprint density at radius 3 is 2.46 bits per heavy atom. The molecule has 0 aliphatic heterocycles. The summed E-state index contributed by atoms with van der Waals surface area (Å²) in [6.45, 7) is 0. The SMILES string of the molecule is Nn1c(SCC(=O)Nc2cc(Cl)cc(Cl)c2)nnc(Cc2ccccc2)c1=O. The molecule has 144 valence electrons. The van der Waals surface area contributed by atoms with Gasteiger partial charge < -0.3 is 11.2 Å². The topological polar surface area (TPSA) is 103 Å². The maximum Gasteiger partial charge on any atom is 0.294 e. The van der Waals surface area contributed by atoms with Crippen LogP contribution in [0.3, 0.4) is 0 Å². The molecule has 0 atom stereocenters. The van der Waals surface area contributed by atoms with Crippen molar-refractivity contribution in [2.45, 2.75) is 11.6 Å². The number of nitrogens with zero attached hydrogens (tertiary/aromatic N) is 3. The van der Waals surface area contributed by atoms with Gasteiger partial charge in [-0.15, -0.1) is 10.2 Å². The van der Waals surface area contributed by atoms with E-state index >= 15 is 0 Å². The Morgan fingerprint density at radius 1 is 1.11 bits per heavy atom. The predicted molar refractivity (Wildman–Crippen MR) is 112 cm³/mol. The van der Waals surface area contributed by atoms with Crippen LogP contribution < -0.4 is 16.7 Å². The van der Waals surface area contributed by atoms with Crippen LogP contribution in [0.5, 0.6) is 0 Å². The number of rotatable bonds is 6. The van der Waals surface area contributed by atoms with E-state index in [1.165, 1.54) is 0 Å². The Kier molecular flexibility index (Phi) is 6.56. The summed E-state index contributed by atoms with van der Waals surface area (Å²) in [7, 11) is 0. The van der Waals surface area contributed by atoms with Gasteiger partial charge in [0.05, 0.1) is 5.75 Å². The summed E-state index contributed by atoms with van der Waals surface area (Å²) in [4.78, 5) is 24.5. The first-order valence-electron chi connectivity index (χ1n) is 8.09. The molecule has 0 unspecified atom stereocenters. The number of carbonyl (C=O) groups excluding carboxylic acids is 1. The molecule has 28 heavy (non-hydrogen) atoms. The summed E-state index contributed by atoms with van der Waals surface area (Å²) in [6, 6.07) is 14.1. The lowest BCUT2D eigenvalue weighted by molar-refractivity contribution is -0.113. The molecule has 0 bridgehead atoms. The molecule has 0 saturated heterocycles. The fraction of sp³-hybridized carbons (Fsp3) is 0.111. The number of benzene rings is 2. The minimum Gasteiger partial charge on any atom is -0.334 e. The smallest absolute Gasteiger partial charge is 0.294 e. The number of amides is 1. The van der Waals surface area contributed by atoms with Crippen LogP contribution in [0.1, 0.15) is 11.3 Å².